The summed E-state index contributed by atoms with van der Waals surface area (Å²) in [5.41, 5.74) is 1.76. The summed E-state index contributed by atoms with van der Waals surface area (Å²) in [6, 6.07) is 5.24. The molecule has 94 valence electrons. The van der Waals surface area contributed by atoms with E-state index in [9.17, 15) is 4.39 Å². The fourth-order valence-electron chi connectivity index (χ4n) is 2.71. The van der Waals surface area contributed by atoms with E-state index >= 15 is 0 Å². The Hall–Kier alpha value is -0.560. The Morgan fingerprint density at radius 1 is 1.29 bits per heavy atom. The minimum absolute atomic E-state index is 0.0393. The zero-order valence-corrected chi connectivity index (χ0v) is 11.1. The normalized spacial score (nSPS) is 19.2. The van der Waals surface area contributed by atoms with Gasteiger partial charge in [0.15, 0.2) is 0 Å². The van der Waals surface area contributed by atoms with Crippen LogP contribution in [0.15, 0.2) is 18.2 Å². The van der Waals surface area contributed by atoms with Crippen molar-refractivity contribution < 1.29 is 4.39 Å². The van der Waals surface area contributed by atoms with Gasteiger partial charge in [-0.2, -0.15) is 0 Å². The van der Waals surface area contributed by atoms with Gasteiger partial charge in [0, 0.05) is 0 Å². The highest BCUT2D eigenvalue weighted by Crippen LogP contribution is 2.35. The van der Waals surface area contributed by atoms with Crippen molar-refractivity contribution in [2.75, 3.05) is 0 Å². The van der Waals surface area contributed by atoms with Crippen molar-refractivity contribution in [1.82, 2.24) is 0 Å². The third kappa shape index (κ3) is 3.45. The van der Waals surface area contributed by atoms with Crippen LogP contribution < -0.4 is 0 Å². The van der Waals surface area contributed by atoms with Crippen LogP contribution in [0, 0.1) is 18.7 Å². The molecule has 1 aliphatic rings. The molecule has 0 heterocycles. The Morgan fingerprint density at radius 3 is 2.65 bits per heavy atom. The third-order valence-electron chi connectivity index (χ3n) is 3.81. The molecule has 1 aromatic rings. The molecular weight excluding hydrogens is 235 g/mol. The van der Waals surface area contributed by atoms with Crippen molar-refractivity contribution in [3.8, 4) is 0 Å². The molecule has 1 aliphatic carbocycles. The molecule has 0 bridgehead atoms. The van der Waals surface area contributed by atoms with Crippen LogP contribution in [0.4, 0.5) is 4.39 Å². The lowest BCUT2D eigenvalue weighted by atomic mass is 9.85. The van der Waals surface area contributed by atoms with Crippen molar-refractivity contribution in [1.29, 1.82) is 0 Å². The van der Waals surface area contributed by atoms with E-state index in [1.807, 2.05) is 12.1 Å². The summed E-state index contributed by atoms with van der Waals surface area (Å²) in [6.45, 7) is 1.79. The van der Waals surface area contributed by atoms with Crippen LogP contribution in [0.1, 0.15) is 55.0 Å². The van der Waals surface area contributed by atoms with Gasteiger partial charge in [0.1, 0.15) is 5.82 Å². The maximum absolute atomic E-state index is 13.2. The van der Waals surface area contributed by atoms with Gasteiger partial charge < -0.3 is 0 Å². The second-order valence-electron chi connectivity index (χ2n) is 5.22. The minimum atomic E-state index is -0.143. The molecule has 1 aromatic carbocycles. The molecule has 2 heteroatoms. The van der Waals surface area contributed by atoms with Gasteiger partial charge in [0.2, 0.25) is 0 Å². The Morgan fingerprint density at radius 2 is 2.00 bits per heavy atom. The summed E-state index contributed by atoms with van der Waals surface area (Å²) in [4.78, 5) is 0. The van der Waals surface area contributed by atoms with E-state index in [2.05, 4.69) is 0 Å². The van der Waals surface area contributed by atoms with Crippen LogP contribution in [0.25, 0.3) is 0 Å². The average molecular weight is 255 g/mol. The number of halogens is 2. The van der Waals surface area contributed by atoms with Crippen molar-refractivity contribution in [2.24, 2.45) is 5.92 Å². The van der Waals surface area contributed by atoms with E-state index in [1.165, 1.54) is 38.2 Å². The molecule has 1 atom stereocenters. The number of benzene rings is 1. The van der Waals surface area contributed by atoms with Crippen molar-refractivity contribution in [2.45, 2.75) is 50.8 Å². The number of alkyl halides is 1. The first-order valence-corrected chi connectivity index (χ1v) is 7.00. The Labute approximate surface area is 108 Å². The number of hydrogen-bond donors (Lipinski definition) is 0. The Kier molecular flexibility index (Phi) is 4.44. The highest BCUT2D eigenvalue weighted by molar-refractivity contribution is 6.20. The second kappa shape index (κ2) is 5.86. The first-order chi connectivity index (χ1) is 8.16. The smallest absolute Gasteiger partial charge is 0.126 e. The standard InChI is InChI=1S/C15H20ClF/c1-11-9-13(7-8-15(11)17)14(16)10-12-5-3-2-4-6-12/h7-9,12,14H,2-6,10H2,1H3. The van der Waals surface area contributed by atoms with Crippen LogP contribution in [0.3, 0.4) is 0 Å². The zero-order valence-electron chi connectivity index (χ0n) is 10.4. The molecule has 17 heavy (non-hydrogen) atoms. The number of rotatable bonds is 3. The van der Waals surface area contributed by atoms with Gasteiger partial charge in [-0.25, -0.2) is 4.39 Å². The fourth-order valence-corrected chi connectivity index (χ4v) is 3.10. The van der Waals surface area contributed by atoms with Gasteiger partial charge in [-0.05, 0) is 36.5 Å². The third-order valence-corrected chi connectivity index (χ3v) is 4.24. The van der Waals surface area contributed by atoms with Crippen molar-refractivity contribution >= 4 is 11.6 Å². The van der Waals surface area contributed by atoms with Crippen LogP contribution in [0.2, 0.25) is 0 Å². The largest absolute Gasteiger partial charge is 0.207 e. The quantitative estimate of drug-likeness (QED) is 0.635. The summed E-state index contributed by atoms with van der Waals surface area (Å²) in [7, 11) is 0. The average Bonchev–Trinajstić information content (AvgIpc) is 2.34. The predicted molar refractivity (Wildman–Crippen MR) is 70.9 cm³/mol. The van der Waals surface area contributed by atoms with Crippen molar-refractivity contribution in [3.63, 3.8) is 0 Å². The second-order valence-corrected chi connectivity index (χ2v) is 5.74. The first kappa shape index (κ1) is 12.9. The van der Waals surface area contributed by atoms with Gasteiger partial charge in [-0.3, -0.25) is 0 Å². The van der Waals surface area contributed by atoms with Crippen LogP contribution >= 0.6 is 11.6 Å². The van der Waals surface area contributed by atoms with E-state index < -0.39 is 0 Å². The highest BCUT2D eigenvalue weighted by Gasteiger charge is 2.19. The van der Waals surface area contributed by atoms with Gasteiger partial charge in [0.25, 0.3) is 0 Å². The van der Waals surface area contributed by atoms with Crippen LogP contribution in [-0.2, 0) is 0 Å². The first-order valence-electron chi connectivity index (χ1n) is 6.57. The van der Waals surface area contributed by atoms with Gasteiger partial charge in [0.05, 0.1) is 5.38 Å². The SMILES string of the molecule is Cc1cc(C(Cl)CC2CCCCC2)ccc1F. The molecule has 0 aromatic heterocycles. The molecule has 1 unspecified atom stereocenters. The lowest BCUT2D eigenvalue weighted by Gasteiger charge is -2.24. The summed E-state index contributed by atoms with van der Waals surface area (Å²) < 4.78 is 13.2. The summed E-state index contributed by atoms with van der Waals surface area (Å²) >= 11 is 6.44. The molecule has 0 radical (unpaired) electrons. The number of aryl methyl sites for hydroxylation is 1. The molecule has 0 N–H and O–H groups in total. The maximum atomic E-state index is 13.2. The summed E-state index contributed by atoms with van der Waals surface area (Å²) in [5.74, 6) is 0.617. The van der Waals surface area contributed by atoms with E-state index in [-0.39, 0.29) is 11.2 Å². The Bertz CT molecular complexity index is 369. The molecule has 0 spiro atoms. The summed E-state index contributed by atoms with van der Waals surface area (Å²) in [6.07, 6.45) is 7.71. The zero-order chi connectivity index (χ0) is 12.3. The molecule has 1 saturated carbocycles. The molecule has 0 amide bonds. The minimum Gasteiger partial charge on any atom is -0.207 e. The summed E-state index contributed by atoms with van der Waals surface area (Å²) in [5, 5.41) is 0.0393. The van der Waals surface area contributed by atoms with Crippen LogP contribution in [0.5, 0.6) is 0 Å². The van der Waals surface area contributed by atoms with Gasteiger partial charge in [-0.1, -0.05) is 44.2 Å². The lowest BCUT2D eigenvalue weighted by molar-refractivity contribution is 0.336. The number of hydrogen-bond acceptors (Lipinski definition) is 0. The lowest BCUT2D eigenvalue weighted by Crippen LogP contribution is -2.09. The topological polar surface area (TPSA) is 0 Å². The molecule has 0 aliphatic heterocycles. The highest BCUT2D eigenvalue weighted by atomic mass is 35.5. The van der Waals surface area contributed by atoms with E-state index in [0.29, 0.717) is 5.56 Å². The molecule has 0 saturated heterocycles. The molecular formula is C15H20ClF. The van der Waals surface area contributed by atoms with Crippen molar-refractivity contribution in [3.05, 3.63) is 35.1 Å². The molecule has 1 fully saturated rings. The molecule has 2 rings (SSSR count). The van der Waals surface area contributed by atoms with Gasteiger partial charge >= 0.3 is 0 Å². The molecule has 0 nitrogen and oxygen atoms in total. The van der Waals surface area contributed by atoms with Crippen LogP contribution in [-0.4, -0.2) is 0 Å². The van der Waals surface area contributed by atoms with E-state index in [1.54, 1.807) is 6.92 Å². The fraction of sp³-hybridized carbons (Fsp3) is 0.600. The predicted octanol–water partition coefficient (Wildman–Crippen LogP) is 5.38. The van der Waals surface area contributed by atoms with E-state index in [0.717, 1.165) is 17.9 Å². The van der Waals surface area contributed by atoms with Gasteiger partial charge in [-0.15, -0.1) is 11.6 Å². The Balaban J connectivity index is 1.98. The monoisotopic (exact) mass is 254 g/mol. The van der Waals surface area contributed by atoms with E-state index in [4.69, 9.17) is 11.6 Å². The maximum Gasteiger partial charge on any atom is 0.126 e.